The number of carbonyl (C=O) groups is 2. The number of rotatable bonds is 7. The average Bonchev–Trinajstić information content (AvgIpc) is 3.32. The van der Waals surface area contributed by atoms with Crippen molar-refractivity contribution in [1.82, 2.24) is 25.1 Å². The summed E-state index contributed by atoms with van der Waals surface area (Å²) in [5.74, 6) is -0.513. The van der Waals surface area contributed by atoms with Gasteiger partial charge in [0.2, 0.25) is 0 Å². The van der Waals surface area contributed by atoms with Crippen LogP contribution in [0.2, 0.25) is 0 Å². The van der Waals surface area contributed by atoms with Gasteiger partial charge in [0.25, 0.3) is 11.8 Å². The molecule has 8 nitrogen and oxygen atoms in total. The second-order valence-corrected chi connectivity index (χ2v) is 6.82. The molecule has 0 bridgehead atoms. The third kappa shape index (κ3) is 5.18. The number of nitrogens with one attached hydrogen (secondary N) is 2. The summed E-state index contributed by atoms with van der Waals surface area (Å²) in [7, 11) is 0. The number of carbonyl (C=O) groups excluding carboxylic acids is 2. The molecular formula is C23H20N6O2. The lowest BCUT2D eigenvalue weighted by molar-refractivity contribution is 0.0949. The van der Waals surface area contributed by atoms with Crippen molar-refractivity contribution >= 4 is 17.5 Å². The fourth-order valence-corrected chi connectivity index (χ4v) is 3.09. The van der Waals surface area contributed by atoms with E-state index in [1.165, 1.54) is 12.5 Å². The zero-order valence-electron chi connectivity index (χ0n) is 16.6. The molecular weight excluding hydrogens is 392 g/mol. The van der Waals surface area contributed by atoms with Gasteiger partial charge in [-0.05, 0) is 41.5 Å². The molecule has 0 atom stereocenters. The van der Waals surface area contributed by atoms with Crippen molar-refractivity contribution in [2.75, 3.05) is 5.32 Å². The third-order valence-corrected chi connectivity index (χ3v) is 4.66. The number of hydrogen-bond acceptors (Lipinski definition) is 5. The van der Waals surface area contributed by atoms with Crippen molar-refractivity contribution < 1.29 is 9.59 Å². The van der Waals surface area contributed by atoms with E-state index in [-0.39, 0.29) is 11.8 Å². The fraction of sp³-hybridized carbons (Fsp3) is 0.0870. The predicted molar refractivity (Wildman–Crippen MR) is 115 cm³/mol. The Hall–Kier alpha value is -4.33. The Labute approximate surface area is 179 Å². The SMILES string of the molecule is O=C(NCc1ccccc1Cn1cncn1)c1cccc(NC(=O)c2cccnc2)c1. The molecule has 0 saturated heterocycles. The quantitative estimate of drug-likeness (QED) is 0.486. The molecule has 154 valence electrons. The lowest BCUT2D eigenvalue weighted by atomic mass is 10.1. The summed E-state index contributed by atoms with van der Waals surface area (Å²) in [6.45, 7) is 0.942. The Balaban J connectivity index is 1.41. The van der Waals surface area contributed by atoms with Gasteiger partial charge in [-0.3, -0.25) is 14.6 Å². The Morgan fingerprint density at radius 2 is 1.71 bits per heavy atom. The van der Waals surface area contributed by atoms with Crippen molar-refractivity contribution in [3.05, 3.63) is 108 Å². The Morgan fingerprint density at radius 1 is 0.871 bits per heavy atom. The van der Waals surface area contributed by atoms with Crippen LogP contribution in [0.25, 0.3) is 0 Å². The third-order valence-electron chi connectivity index (χ3n) is 4.66. The molecule has 0 aliphatic carbocycles. The summed E-state index contributed by atoms with van der Waals surface area (Å²) in [4.78, 5) is 32.9. The van der Waals surface area contributed by atoms with Crippen LogP contribution in [0, 0.1) is 0 Å². The molecule has 2 heterocycles. The monoisotopic (exact) mass is 412 g/mol. The van der Waals surface area contributed by atoms with Crippen molar-refractivity contribution in [3.8, 4) is 0 Å². The molecule has 4 aromatic rings. The standard InChI is InChI=1S/C23H20N6O2/c30-22(26-13-18-5-1-2-6-20(18)14-29-16-25-15-27-29)17-7-3-9-21(11-17)28-23(31)19-8-4-10-24-12-19/h1-12,15-16H,13-14H2,(H,26,30)(H,28,31). The smallest absolute Gasteiger partial charge is 0.257 e. The highest BCUT2D eigenvalue weighted by Crippen LogP contribution is 2.14. The molecule has 4 rings (SSSR count). The molecule has 0 spiro atoms. The molecule has 0 radical (unpaired) electrons. The maximum absolute atomic E-state index is 12.7. The van der Waals surface area contributed by atoms with E-state index in [2.05, 4.69) is 25.7 Å². The maximum Gasteiger partial charge on any atom is 0.257 e. The van der Waals surface area contributed by atoms with Gasteiger partial charge in [0.05, 0.1) is 12.1 Å². The summed E-state index contributed by atoms with van der Waals surface area (Å²) >= 11 is 0. The van der Waals surface area contributed by atoms with Crippen LogP contribution in [0.1, 0.15) is 31.8 Å². The van der Waals surface area contributed by atoms with E-state index < -0.39 is 0 Å². The zero-order valence-corrected chi connectivity index (χ0v) is 16.6. The second kappa shape index (κ2) is 9.45. The number of benzene rings is 2. The van der Waals surface area contributed by atoms with E-state index >= 15 is 0 Å². The molecule has 2 amide bonds. The van der Waals surface area contributed by atoms with Crippen molar-refractivity contribution in [3.63, 3.8) is 0 Å². The van der Waals surface area contributed by atoms with E-state index in [1.54, 1.807) is 53.6 Å². The largest absolute Gasteiger partial charge is 0.348 e. The van der Waals surface area contributed by atoms with Gasteiger partial charge < -0.3 is 10.6 Å². The highest BCUT2D eigenvalue weighted by molar-refractivity contribution is 6.04. The van der Waals surface area contributed by atoms with E-state index in [4.69, 9.17) is 0 Å². The molecule has 2 aromatic carbocycles. The molecule has 0 saturated carbocycles. The second-order valence-electron chi connectivity index (χ2n) is 6.82. The predicted octanol–water partition coefficient (Wildman–Crippen LogP) is 2.90. The van der Waals surface area contributed by atoms with Gasteiger partial charge in [-0.1, -0.05) is 30.3 Å². The summed E-state index contributed by atoms with van der Waals surface area (Å²) in [5.41, 5.74) is 3.48. The summed E-state index contributed by atoms with van der Waals surface area (Å²) in [5, 5.41) is 9.86. The Bertz CT molecular complexity index is 1180. The number of anilines is 1. The van der Waals surface area contributed by atoms with Crippen LogP contribution >= 0.6 is 0 Å². The minimum absolute atomic E-state index is 0.229. The van der Waals surface area contributed by atoms with Crippen molar-refractivity contribution in [2.24, 2.45) is 0 Å². The average molecular weight is 412 g/mol. The highest BCUT2D eigenvalue weighted by atomic mass is 16.2. The molecule has 0 unspecified atom stereocenters. The summed E-state index contributed by atoms with van der Waals surface area (Å²) in [6.07, 6.45) is 6.24. The lowest BCUT2D eigenvalue weighted by Crippen LogP contribution is -2.24. The minimum Gasteiger partial charge on any atom is -0.348 e. The molecule has 2 aromatic heterocycles. The van der Waals surface area contributed by atoms with Crippen LogP contribution in [-0.4, -0.2) is 31.6 Å². The van der Waals surface area contributed by atoms with Gasteiger partial charge in [-0.25, -0.2) is 9.67 Å². The number of hydrogen-bond donors (Lipinski definition) is 2. The van der Waals surface area contributed by atoms with Crippen LogP contribution < -0.4 is 10.6 Å². The molecule has 0 aliphatic heterocycles. The Kier molecular flexibility index (Phi) is 6.08. The van der Waals surface area contributed by atoms with Crippen molar-refractivity contribution in [1.29, 1.82) is 0 Å². The van der Waals surface area contributed by atoms with E-state index in [0.717, 1.165) is 11.1 Å². The number of pyridine rings is 1. The van der Waals surface area contributed by atoms with Gasteiger partial charge in [0.15, 0.2) is 0 Å². The summed E-state index contributed by atoms with van der Waals surface area (Å²) < 4.78 is 1.73. The van der Waals surface area contributed by atoms with Crippen LogP contribution in [0.4, 0.5) is 5.69 Å². The van der Waals surface area contributed by atoms with Crippen molar-refractivity contribution in [2.45, 2.75) is 13.1 Å². The highest BCUT2D eigenvalue weighted by Gasteiger charge is 2.11. The number of aromatic nitrogens is 4. The van der Waals surface area contributed by atoms with Gasteiger partial charge in [0.1, 0.15) is 12.7 Å². The first-order valence-corrected chi connectivity index (χ1v) is 9.68. The van der Waals surface area contributed by atoms with Gasteiger partial charge in [-0.2, -0.15) is 5.10 Å². The molecule has 8 heteroatoms. The Morgan fingerprint density at radius 3 is 2.48 bits per heavy atom. The van der Waals surface area contributed by atoms with E-state index in [9.17, 15) is 9.59 Å². The molecule has 2 N–H and O–H groups in total. The number of nitrogens with zero attached hydrogens (tertiary/aromatic N) is 4. The molecule has 0 aliphatic rings. The first-order valence-electron chi connectivity index (χ1n) is 9.68. The van der Waals surface area contributed by atoms with Crippen LogP contribution in [-0.2, 0) is 13.1 Å². The maximum atomic E-state index is 12.7. The fourth-order valence-electron chi connectivity index (χ4n) is 3.09. The normalized spacial score (nSPS) is 10.5. The molecule has 31 heavy (non-hydrogen) atoms. The van der Waals surface area contributed by atoms with Gasteiger partial charge in [-0.15, -0.1) is 0 Å². The van der Waals surface area contributed by atoms with Gasteiger partial charge >= 0.3 is 0 Å². The van der Waals surface area contributed by atoms with E-state index in [1.807, 2.05) is 24.3 Å². The van der Waals surface area contributed by atoms with Gasteiger partial charge in [0, 0.05) is 30.2 Å². The molecule has 0 fully saturated rings. The van der Waals surface area contributed by atoms with Crippen LogP contribution in [0.3, 0.4) is 0 Å². The minimum atomic E-state index is -0.285. The first-order chi connectivity index (χ1) is 15.2. The van der Waals surface area contributed by atoms with E-state index in [0.29, 0.717) is 29.9 Å². The summed E-state index contributed by atoms with van der Waals surface area (Å²) in [6, 6.07) is 18.0. The van der Waals surface area contributed by atoms with Crippen LogP contribution in [0.15, 0.2) is 85.7 Å². The number of amides is 2. The van der Waals surface area contributed by atoms with Crippen LogP contribution in [0.5, 0.6) is 0 Å². The topological polar surface area (TPSA) is 102 Å². The first kappa shape index (κ1) is 20.0. The lowest BCUT2D eigenvalue weighted by Gasteiger charge is -2.11. The zero-order chi connectivity index (χ0) is 21.5.